The van der Waals surface area contributed by atoms with Crippen LogP contribution in [0.2, 0.25) is 0 Å². The van der Waals surface area contributed by atoms with Crippen molar-refractivity contribution in [2.75, 3.05) is 25.0 Å². The van der Waals surface area contributed by atoms with Gasteiger partial charge < -0.3 is 16.0 Å². The van der Waals surface area contributed by atoms with Gasteiger partial charge in [0.2, 0.25) is 0 Å². The molecule has 0 spiro atoms. The van der Waals surface area contributed by atoms with Gasteiger partial charge in [-0.1, -0.05) is 83.5 Å². The van der Waals surface area contributed by atoms with Crippen molar-refractivity contribution in [3.63, 3.8) is 0 Å². The van der Waals surface area contributed by atoms with Crippen LogP contribution in [0.25, 0.3) is 0 Å². The molecule has 0 radical (unpaired) electrons. The molecule has 7 nitrogen and oxygen atoms in total. The number of ketones is 1. The molecule has 0 aromatic heterocycles. The maximum Gasteiger partial charge on any atom is 0.322 e. The normalized spacial score (nSPS) is 18.7. The minimum Gasteiger partial charge on any atom is -0.328 e. The van der Waals surface area contributed by atoms with Crippen molar-refractivity contribution in [1.29, 1.82) is 0 Å². The first kappa shape index (κ1) is 34.5. The number of nitrogens with zero attached hydrogens (tertiary/aromatic N) is 2. The molecule has 5 rings (SSSR count). The van der Waals surface area contributed by atoms with Crippen LogP contribution in [0.4, 0.5) is 10.5 Å². The van der Waals surface area contributed by atoms with E-state index in [0.29, 0.717) is 12.5 Å². The lowest BCUT2D eigenvalue weighted by Gasteiger charge is -2.39. The van der Waals surface area contributed by atoms with Crippen LogP contribution >= 0.6 is 0 Å². The number of urea groups is 1. The van der Waals surface area contributed by atoms with Gasteiger partial charge in [-0.05, 0) is 85.8 Å². The molecule has 7 heteroatoms. The van der Waals surface area contributed by atoms with Gasteiger partial charge in [0.15, 0.2) is 5.78 Å². The molecule has 1 atom stereocenters. The zero-order chi connectivity index (χ0) is 29.9. The fraction of sp³-hybridized carbons (Fsp3) is 0.556. The average molecular weight is 592 g/mol. The highest BCUT2D eigenvalue weighted by Crippen LogP contribution is 2.24. The molecule has 43 heavy (non-hydrogen) atoms. The van der Waals surface area contributed by atoms with Crippen LogP contribution in [-0.4, -0.2) is 59.5 Å². The van der Waals surface area contributed by atoms with Crippen molar-refractivity contribution in [2.45, 2.75) is 110 Å². The lowest BCUT2D eigenvalue weighted by molar-refractivity contribution is -0.118. The number of fused-ring (bicyclic) bond motifs is 1. The first-order valence-corrected chi connectivity index (χ1v) is 16.1. The van der Waals surface area contributed by atoms with E-state index in [1.165, 1.54) is 60.4 Å². The van der Waals surface area contributed by atoms with Crippen molar-refractivity contribution in [1.82, 2.24) is 15.3 Å². The van der Waals surface area contributed by atoms with Gasteiger partial charge in [0.25, 0.3) is 0 Å². The Bertz CT molecular complexity index is 1190. The predicted octanol–water partition coefficient (Wildman–Crippen LogP) is 6.70. The maximum absolute atomic E-state index is 12.9. The molecular formula is C36H57N5O2. The molecule has 1 aliphatic carbocycles. The van der Waals surface area contributed by atoms with Crippen molar-refractivity contribution < 1.29 is 11.0 Å². The lowest BCUT2D eigenvalue weighted by atomic mass is 9.96. The summed E-state index contributed by atoms with van der Waals surface area (Å²) in [5, 5.41) is 5.23. The number of carbonyl (C=O) groups excluding carboxylic acids is 2. The van der Waals surface area contributed by atoms with E-state index in [1.54, 1.807) is 0 Å². The predicted molar refractivity (Wildman–Crippen MR) is 181 cm³/mol. The SMILES string of the molecule is C.C=CC(=O)[C@@H](Cc1ccc(CC)c(CC)c1)NN1CCC(N2CCc3ccccc3NC2=O)CC1.NC1CCCCC1.[HH]. The molecule has 238 valence electrons. The van der Waals surface area contributed by atoms with Crippen LogP contribution in [0, 0.1) is 0 Å². The van der Waals surface area contributed by atoms with E-state index in [9.17, 15) is 9.59 Å². The Kier molecular flexibility index (Phi) is 13.9. The third kappa shape index (κ3) is 9.75. The summed E-state index contributed by atoms with van der Waals surface area (Å²) < 4.78 is 0. The number of nitrogens with two attached hydrogens (primary N) is 1. The third-order valence-electron chi connectivity index (χ3n) is 9.05. The van der Waals surface area contributed by atoms with Gasteiger partial charge in [0, 0.05) is 38.8 Å². The van der Waals surface area contributed by atoms with Gasteiger partial charge in [0.1, 0.15) is 0 Å². The van der Waals surface area contributed by atoms with E-state index in [2.05, 4.69) is 60.4 Å². The molecule has 2 fully saturated rings. The Labute approximate surface area is 261 Å². The number of nitrogens with one attached hydrogen (secondary N) is 2. The van der Waals surface area contributed by atoms with Crippen molar-refractivity contribution in [3.8, 4) is 0 Å². The summed E-state index contributed by atoms with van der Waals surface area (Å²) in [6.45, 7) is 10.4. The second-order valence-electron chi connectivity index (χ2n) is 11.9. The second-order valence-corrected chi connectivity index (χ2v) is 11.9. The topological polar surface area (TPSA) is 90.7 Å². The molecular weight excluding hydrogens is 534 g/mol. The minimum atomic E-state index is -0.336. The molecule has 4 N–H and O–H groups in total. The van der Waals surface area contributed by atoms with Crippen LogP contribution in [0.15, 0.2) is 55.1 Å². The number of hydrogen-bond acceptors (Lipinski definition) is 5. The molecule has 2 aliphatic heterocycles. The Morgan fingerprint density at radius 2 is 1.74 bits per heavy atom. The third-order valence-corrected chi connectivity index (χ3v) is 9.05. The number of piperidine rings is 1. The largest absolute Gasteiger partial charge is 0.328 e. The van der Waals surface area contributed by atoms with Crippen LogP contribution in [0.1, 0.15) is 89.9 Å². The Balaban J connectivity index is 0.000000662. The summed E-state index contributed by atoms with van der Waals surface area (Å²) in [4.78, 5) is 27.6. The molecule has 2 amide bonds. The second kappa shape index (κ2) is 17.3. The molecule has 1 saturated carbocycles. The Morgan fingerprint density at radius 3 is 2.37 bits per heavy atom. The maximum atomic E-state index is 12.9. The molecule has 1 saturated heterocycles. The molecule has 2 aromatic rings. The fourth-order valence-electron chi connectivity index (χ4n) is 6.47. The number of para-hydroxylation sites is 1. The van der Waals surface area contributed by atoms with Gasteiger partial charge in [0.05, 0.1) is 6.04 Å². The summed E-state index contributed by atoms with van der Waals surface area (Å²) >= 11 is 0. The fourth-order valence-corrected chi connectivity index (χ4v) is 6.47. The van der Waals surface area contributed by atoms with E-state index in [4.69, 9.17) is 5.73 Å². The molecule has 0 bridgehead atoms. The van der Waals surface area contributed by atoms with E-state index in [-0.39, 0.29) is 32.8 Å². The standard InChI is InChI=1S/C29H38N4O2.C6H13N.CH4.H2/c1-4-22-12-11-21(19-23(22)5-2)20-27(28(34)6-3)31-32-16-14-25(15-17-32)33-18-13-24-9-7-8-10-26(24)30-29(33)35;7-6-4-2-1-3-5-6;;/h6-12,19,25,27,31H,3-5,13-18,20H2,1-2H3,(H,30,35);6H,1-5,7H2;1H4;1H/t27-;;;/m1.../s1. The summed E-state index contributed by atoms with van der Waals surface area (Å²) in [5.41, 5.74) is 15.1. The van der Waals surface area contributed by atoms with Gasteiger partial charge in [-0.25, -0.2) is 15.2 Å². The van der Waals surface area contributed by atoms with E-state index in [0.717, 1.165) is 57.4 Å². The quantitative estimate of drug-likeness (QED) is 0.283. The summed E-state index contributed by atoms with van der Waals surface area (Å²) in [5.74, 6) is 0.00870. The molecule has 2 aromatic carbocycles. The number of carbonyl (C=O) groups is 2. The lowest BCUT2D eigenvalue weighted by Crippen LogP contribution is -2.55. The first-order chi connectivity index (χ1) is 20.4. The number of hydrazine groups is 1. The summed E-state index contributed by atoms with van der Waals surface area (Å²) in [6, 6.07) is 15.0. The zero-order valence-corrected chi connectivity index (χ0v) is 25.7. The summed E-state index contributed by atoms with van der Waals surface area (Å²) in [7, 11) is 0. The summed E-state index contributed by atoms with van der Waals surface area (Å²) in [6.07, 6.45) is 13.3. The van der Waals surface area contributed by atoms with E-state index < -0.39 is 0 Å². The number of benzene rings is 2. The Morgan fingerprint density at radius 1 is 1.05 bits per heavy atom. The average Bonchev–Trinajstić information content (AvgIpc) is 3.19. The van der Waals surface area contributed by atoms with E-state index >= 15 is 0 Å². The Hall–Kier alpha value is -3.00. The first-order valence-electron chi connectivity index (χ1n) is 16.1. The van der Waals surface area contributed by atoms with Crippen molar-refractivity contribution in [2.24, 2.45) is 5.73 Å². The van der Waals surface area contributed by atoms with Crippen molar-refractivity contribution in [3.05, 3.63) is 77.4 Å². The number of hydrogen-bond donors (Lipinski definition) is 3. The highest BCUT2D eigenvalue weighted by atomic mass is 16.2. The van der Waals surface area contributed by atoms with Crippen LogP contribution < -0.4 is 16.5 Å². The minimum absolute atomic E-state index is 0. The molecule has 0 unspecified atom stereocenters. The highest BCUT2D eigenvalue weighted by molar-refractivity contribution is 5.94. The number of anilines is 1. The van der Waals surface area contributed by atoms with Crippen molar-refractivity contribution >= 4 is 17.5 Å². The molecule has 2 heterocycles. The molecule has 3 aliphatic rings. The number of aryl methyl sites for hydroxylation is 2. The monoisotopic (exact) mass is 591 g/mol. The van der Waals surface area contributed by atoms with Gasteiger partial charge in [-0.2, -0.15) is 0 Å². The number of rotatable bonds is 9. The highest BCUT2D eigenvalue weighted by Gasteiger charge is 2.31. The van der Waals surface area contributed by atoms with Gasteiger partial charge in [-0.15, -0.1) is 0 Å². The zero-order valence-electron chi connectivity index (χ0n) is 25.7. The smallest absolute Gasteiger partial charge is 0.322 e. The van der Waals surface area contributed by atoms with Crippen LogP contribution in [-0.2, 0) is 30.5 Å². The number of amides is 2. The van der Waals surface area contributed by atoms with E-state index in [1.807, 2.05) is 23.1 Å². The van der Waals surface area contributed by atoms with Crippen LogP contribution in [0.3, 0.4) is 0 Å². The van der Waals surface area contributed by atoms with Gasteiger partial charge >= 0.3 is 6.03 Å². The van der Waals surface area contributed by atoms with Crippen LogP contribution in [0.5, 0.6) is 0 Å². The van der Waals surface area contributed by atoms with Gasteiger partial charge in [-0.3, -0.25) is 4.79 Å².